The normalized spacial score (nSPS) is 15.3. The number of benzene rings is 2. The molecule has 184 valence electrons. The van der Waals surface area contributed by atoms with Gasteiger partial charge in [-0.05, 0) is 57.1 Å². The van der Waals surface area contributed by atoms with Crippen LogP contribution in [0.4, 0.5) is 0 Å². The van der Waals surface area contributed by atoms with Gasteiger partial charge in [0.05, 0.1) is 5.25 Å². The van der Waals surface area contributed by atoms with Crippen LogP contribution in [0.2, 0.25) is 0 Å². The fourth-order valence-corrected chi connectivity index (χ4v) is 5.72. The highest BCUT2D eigenvalue weighted by molar-refractivity contribution is 8.00. The van der Waals surface area contributed by atoms with E-state index in [0.717, 1.165) is 43.6 Å². The van der Waals surface area contributed by atoms with Gasteiger partial charge in [-0.2, -0.15) is 0 Å². The molecule has 1 aliphatic heterocycles. The molecule has 1 atom stereocenters. The minimum atomic E-state index is -0.291. The van der Waals surface area contributed by atoms with Crippen LogP contribution in [0.5, 0.6) is 0 Å². The summed E-state index contributed by atoms with van der Waals surface area (Å²) < 4.78 is 1.59. The van der Waals surface area contributed by atoms with Crippen LogP contribution in [0.25, 0.3) is 0 Å². The molecule has 0 N–H and O–H groups in total. The fraction of sp³-hybridized carbons (Fsp3) is 0.414. The third-order valence-electron chi connectivity index (χ3n) is 6.97. The summed E-state index contributed by atoms with van der Waals surface area (Å²) in [4.78, 5) is 33.0. The van der Waals surface area contributed by atoms with E-state index in [0.29, 0.717) is 23.1 Å². The maximum absolute atomic E-state index is 13.2. The van der Waals surface area contributed by atoms with Crippen molar-refractivity contribution in [3.63, 3.8) is 0 Å². The van der Waals surface area contributed by atoms with Crippen molar-refractivity contribution in [1.82, 2.24) is 14.5 Å². The summed E-state index contributed by atoms with van der Waals surface area (Å²) in [5.74, 6) is 0.749. The molecule has 35 heavy (non-hydrogen) atoms. The summed E-state index contributed by atoms with van der Waals surface area (Å²) in [6.07, 6.45) is 3.69. The molecule has 1 saturated heterocycles. The molecule has 2 aromatic carbocycles. The fourth-order valence-electron chi connectivity index (χ4n) is 4.72. The van der Waals surface area contributed by atoms with E-state index in [1.807, 2.05) is 24.8 Å². The predicted molar refractivity (Wildman–Crippen MR) is 143 cm³/mol. The van der Waals surface area contributed by atoms with Crippen molar-refractivity contribution in [2.75, 3.05) is 13.1 Å². The summed E-state index contributed by atoms with van der Waals surface area (Å²) in [5.41, 5.74) is 5.06. The predicted octanol–water partition coefficient (Wildman–Crippen LogP) is 4.95. The van der Waals surface area contributed by atoms with E-state index in [1.54, 1.807) is 11.6 Å². The molecule has 5 nitrogen and oxygen atoms in total. The van der Waals surface area contributed by atoms with Gasteiger partial charge < -0.3 is 4.90 Å². The SMILES string of the molecule is Cc1ccc(Cc2c(C)nc(SC(C)C(=O)N3CCC(Cc4ccccc4)CC3)n(C)c2=O)cc1. The number of carbonyl (C=O) groups is 1. The number of hydrogen-bond donors (Lipinski definition) is 0. The van der Waals surface area contributed by atoms with Crippen molar-refractivity contribution in [3.05, 3.63) is 92.9 Å². The van der Waals surface area contributed by atoms with E-state index in [2.05, 4.69) is 55.5 Å². The average Bonchev–Trinajstić information content (AvgIpc) is 2.87. The van der Waals surface area contributed by atoms with E-state index >= 15 is 0 Å². The van der Waals surface area contributed by atoms with Crippen LogP contribution in [0, 0.1) is 19.8 Å². The van der Waals surface area contributed by atoms with E-state index in [4.69, 9.17) is 4.98 Å². The van der Waals surface area contributed by atoms with E-state index in [-0.39, 0.29) is 16.7 Å². The van der Waals surface area contributed by atoms with Crippen molar-refractivity contribution in [2.24, 2.45) is 13.0 Å². The Kier molecular flexibility index (Phi) is 8.11. The first kappa shape index (κ1) is 25.2. The molecule has 0 spiro atoms. The van der Waals surface area contributed by atoms with E-state index in [1.165, 1.54) is 22.9 Å². The van der Waals surface area contributed by atoms with Crippen LogP contribution in [0.15, 0.2) is 64.5 Å². The zero-order chi connectivity index (χ0) is 24.9. The lowest BCUT2D eigenvalue weighted by Gasteiger charge is -2.33. The number of piperidine rings is 1. The lowest BCUT2D eigenvalue weighted by Crippen LogP contribution is -2.42. The van der Waals surface area contributed by atoms with Crippen LogP contribution < -0.4 is 5.56 Å². The number of hydrogen-bond acceptors (Lipinski definition) is 4. The highest BCUT2D eigenvalue weighted by atomic mass is 32.2. The summed E-state index contributed by atoms with van der Waals surface area (Å²) >= 11 is 1.38. The Hall–Kier alpha value is -2.86. The molecule has 1 fully saturated rings. The van der Waals surface area contributed by atoms with Crippen molar-refractivity contribution in [2.45, 2.75) is 56.9 Å². The first-order valence-corrected chi connectivity index (χ1v) is 13.3. The molecule has 0 radical (unpaired) electrons. The van der Waals surface area contributed by atoms with Gasteiger partial charge in [0.25, 0.3) is 5.56 Å². The standard InChI is InChI=1S/C29H35N3O2S/c1-20-10-12-24(13-11-20)19-26-21(2)30-29(31(4)28(26)34)35-22(3)27(33)32-16-14-25(15-17-32)18-23-8-6-5-7-9-23/h5-13,22,25H,14-19H2,1-4H3. The van der Waals surface area contributed by atoms with E-state index in [9.17, 15) is 9.59 Å². The van der Waals surface area contributed by atoms with Gasteiger partial charge in [-0.25, -0.2) is 4.98 Å². The number of thioether (sulfide) groups is 1. The molecule has 1 aromatic heterocycles. The highest BCUT2D eigenvalue weighted by Gasteiger charge is 2.28. The molecule has 3 aromatic rings. The Bertz CT molecular complexity index is 1210. The van der Waals surface area contributed by atoms with Crippen molar-refractivity contribution >= 4 is 17.7 Å². The maximum Gasteiger partial charge on any atom is 0.257 e. The smallest absolute Gasteiger partial charge is 0.257 e. The second-order valence-corrected chi connectivity index (χ2v) is 11.0. The average molecular weight is 490 g/mol. The van der Waals surface area contributed by atoms with Crippen molar-refractivity contribution in [1.29, 1.82) is 0 Å². The van der Waals surface area contributed by atoms with Gasteiger partial charge in [0.1, 0.15) is 0 Å². The molecule has 0 saturated carbocycles. The molecular formula is C29H35N3O2S. The minimum absolute atomic E-state index is 0.0399. The summed E-state index contributed by atoms with van der Waals surface area (Å²) in [7, 11) is 1.75. The quantitative estimate of drug-likeness (QED) is 0.348. The first-order chi connectivity index (χ1) is 16.8. The number of carbonyl (C=O) groups excluding carboxylic acids is 1. The largest absolute Gasteiger partial charge is 0.342 e. The second kappa shape index (κ2) is 11.3. The molecule has 6 heteroatoms. The monoisotopic (exact) mass is 489 g/mol. The van der Waals surface area contributed by atoms with Crippen LogP contribution >= 0.6 is 11.8 Å². The van der Waals surface area contributed by atoms with Crippen LogP contribution in [0.3, 0.4) is 0 Å². The Morgan fingerprint density at radius 3 is 2.34 bits per heavy atom. The van der Waals surface area contributed by atoms with Gasteiger partial charge in [0.15, 0.2) is 5.16 Å². The van der Waals surface area contributed by atoms with Crippen LogP contribution in [-0.4, -0.2) is 38.7 Å². The third kappa shape index (κ3) is 6.23. The number of aryl methyl sites for hydroxylation is 2. The van der Waals surface area contributed by atoms with Crippen molar-refractivity contribution in [3.8, 4) is 0 Å². The zero-order valence-corrected chi connectivity index (χ0v) is 22.0. The Morgan fingerprint density at radius 2 is 1.69 bits per heavy atom. The molecule has 0 bridgehead atoms. The molecule has 2 heterocycles. The number of likely N-dealkylation sites (tertiary alicyclic amines) is 1. The summed E-state index contributed by atoms with van der Waals surface area (Å²) in [6, 6.07) is 18.8. The topological polar surface area (TPSA) is 55.2 Å². The van der Waals surface area contributed by atoms with Gasteiger partial charge >= 0.3 is 0 Å². The number of aromatic nitrogens is 2. The number of nitrogens with zero attached hydrogens (tertiary/aromatic N) is 3. The lowest BCUT2D eigenvalue weighted by molar-refractivity contribution is -0.131. The number of amides is 1. The van der Waals surface area contributed by atoms with Gasteiger partial charge in [-0.1, -0.05) is 71.9 Å². The Labute approximate surface area is 212 Å². The van der Waals surface area contributed by atoms with Gasteiger partial charge in [0, 0.05) is 37.8 Å². The van der Waals surface area contributed by atoms with E-state index < -0.39 is 0 Å². The molecule has 0 aliphatic carbocycles. The Morgan fingerprint density at radius 1 is 1.03 bits per heavy atom. The first-order valence-electron chi connectivity index (χ1n) is 12.4. The Balaban J connectivity index is 1.37. The maximum atomic E-state index is 13.2. The summed E-state index contributed by atoms with van der Waals surface area (Å²) in [6.45, 7) is 7.45. The summed E-state index contributed by atoms with van der Waals surface area (Å²) in [5, 5.41) is 0.307. The van der Waals surface area contributed by atoms with Gasteiger partial charge in [0.2, 0.25) is 5.91 Å². The molecule has 4 rings (SSSR count). The second-order valence-electron chi connectivity index (χ2n) is 9.70. The van der Waals surface area contributed by atoms with Gasteiger partial charge in [-0.15, -0.1) is 0 Å². The molecule has 1 amide bonds. The van der Waals surface area contributed by atoms with Crippen molar-refractivity contribution < 1.29 is 4.79 Å². The zero-order valence-electron chi connectivity index (χ0n) is 21.2. The third-order valence-corrected chi connectivity index (χ3v) is 8.11. The van der Waals surface area contributed by atoms with Gasteiger partial charge in [-0.3, -0.25) is 14.2 Å². The molecule has 1 aliphatic rings. The lowest BCUT2D eigenvalue weighted by atomic mass is 9.90. The highest BCUT2D eigenvalue weighted by Crippen LogP contribution is 2.26. The number of rotatable bonds is 7. The minimum Gasteiger partial charge on any atom is -0.342 e. The molecule has 1 unspecified atom stereocenters. The van der Waals surface area contributed by atoms with Crippen LogP contribution in [0.1, 0.15) is 47.7 Å². The van der Waals surface area contributed by atoms with Crippen LogP contribution in [-0.2, 0) is 24.7 Å². The molecular weight excluding hydrogens is 454 g/mol.